The van der Waals surface area contributed by atoms with Gasteiger partial charge in [-0.15, -0.1) is 0 Å². The van der Waals surface area contributed by atoms with Crippen molar-refractivity contribution >= 4 is 28.2 Å². The highest BCUT2D eigenvalue weighted by molar-refractivity contribution is 7.80. The first-order valence-corrected chi connectivity index (χ1v) is 10.7. The average molecular weight is 404 g/mol. The monoisotopic (exact) mass is 403 g/mol. The quantitative estimate of drug-likeness (QED) is 0.561. The van der Waals surface area contributed by atoms with Crippen LogP contribution in [0.25, 0.3) is 10.9 Å². The second-order valence-electron chi connectivity index (χ2n) is 7.92. The number of H-pyrrole nitrogens is 1. The lowest BCUT2D eigenvalue weighted by Crippen LogP contribution is -3.12. The van der Waals surface area contributed by atoms with Gasteiger partial charge in [0.2, 0.25) is 0 Å². The van der Waals surface area contributed by atoms with Crippen LogP contribution in [0, 0.1) is 12.8 Å². The van der Waals surface area contributed by atoms with E-state index in [0.717, 1.165) is 59.9 Å². The first kappa shape index (κ1) is 22.4. The van der Waals surface area contributed by atoms with E-state index < -0.39 is 0 Å². The van der Waals surface area contributed by atoms with Crippen molar-refractivity contribution in [2.45, 2.75) is 41.2 Å². The van der Waals surface area contributed by atoms with Crippen LogP contribution in [0.3, 0.4) is 0 Å². The summed E-state index contributed by atoms with van der Waals surface area (Å²) < 4.78 is 0. The van der Waals surface area contributed by atoms with E-state index in [-0.39, 0.29) is 5.56 Å². The number of likely N-dealkylation sites (N-methyl/N-ethyl adjacent to an activating group) is 1. The number of pyridine rings is 1. The molecule has 5 nitrogen and oxygen atoms in total. The number of nitrogens with zero attached hydrogens (tertiary/aromatic N) is 1. The topological polar surface area (TPSA) is 52.6 Å². The molecule has 154 valence electrons. The van der Waals surface area contributed by atoms with E-state index in [2.05, 4.69) is 55.0 Å². The molecule has 0 radical (unpaired) electrons. The summed E-state index contributed by atoms with van der Waals surface area (Å²) in [6.07, 6.45) is 0. The molecule has 0 aliphatic rings. The first-order valence-electron chi connectivity index (χ1n) is 10.3. The Bertz CT molecular complexity index is 842. The van der Waals surface area contributed by atoms with Crippen molar-refractivity contribution in [1.29, 1.82) is 0 Å². The van der Waals surface area contributed by atoms with Gasteiger partial charge in [0.05, 0.1) is 32.7 Å². The minimum atomic E-state index is -0.0371. The van der Waals surface area contributed by atoms with Crippen LogP contribution in [0.15, 0.2) is 29.1 Å². The van der Waals surface area contributed by atoms with E-state index in [9.17, 15) is 4.79 Å². The summed E-state index contributed by atoms with van der Waals surface area (Å²) in [5, 5.41) is 5.14. The Balaban J connectivity index is 2.23. The number of nitrogens with one attached hydrogen (secondary N) is 3. The fourth-order valence-electron chi connectivity index (χ4n) is 3.24. The summed E-state index contributed by atoms with van der Waals surface area (Å²) in [5.74, 6) is 0.514. The number of aromatic nitrogens is 1. The van der Waals surface area contributed by atoms with Gasteiger partial charge < -0.3 is 20.1 Å². The molecule has 0 saturated carbocycles. The van der Waals surface area contributed by atoms with Gasteiger partial charge in [-0.1, -0.05) is 26.0 Å². The third kappa shape index (κ3) is 6.31. The predicted octanol–water partition coefficient (Wildman–Crippen LogP) is 2.09. The highest BCUT2D eigenvalue weighted by atomic mass is 32.1. The second kappa shape index (κ2) is 10.6. The number of rotatable bonds is 9. The fourth-order valence-corrected chi connectivity index (χ4v) is 3.47. The largest absolute Gasteiger partial charge is 0.362 e. The molecule has 0 fully saturated rings. The van der Waals surface area contributed by atoms with Gasteiger partial charge in [-0.3, -0.25) is 4.79 Å². The van der Waals surface area contributed by atoms with Gasteiger partial charge >= 0.3 is 0 Å². The van der Waals surface area contributed by atoms with Crippen molar-refractivity contribution in [3.8, 4) is 0 Å². The van der Waals surface area contributed by atoms with Crippen LogP contribution in [0.1, 0.15) is 38.8 Å². The summed E-state index contributed by atoms with van der Waals surface area (Å²) in [7, 11) is 0. The highest BCUT2D eigenvalue weighted by Gasteiger charge is 2.16. The van der Waals surface area contributed by atoms with E-state index in [4.69, 9.17) is 12.2 Å². The summed E-state index contributed by atoms with van der Waals surface area (Å²) in [4.78, 5) is 19.4. The maximum absolute atomic E-state index is 12.7. The third-order valence-electron chi connectivity index (χ3n) is 5.12. The number of thiocarbonyl (C=S) groups is 1. The smallest absolute Gasteiger partial charge is 0.253 e. The number of hydrogen-bond acceptors (Lipinski definition) is 2. The highest BCUT2D eigenvalue weighted by Crippen LogP contribution is 2.14. The number of fused-ring (bicyclic) bond motifs is 1. The molecule has 0 spiro atoms. The van der Waals surface area contributed by atoms with E-state index in [1.54, 1.807) is 0 Å². The molecule has 1 heterocycles. The molecule has 2 rings (SSSR count). The lowest BCUT2D eigenvalue weighted by molar-refractivity contribution is -0.895. The van der Waals surface area contributed by atoms with Gasteiger partial charge in [-0.05, 0) is 62.0 Å². The van der Waals surface area contributed by atoms with E-state index >= 15 is 0 Å². The number of quaternary nitrogens is 1. The van der Waals surface area contributed by atoms with Gasteiger partial charge in [0.15, 0.2) is 5.11 Å². The zero-order valence-electron chi connectivity index (χ0n) is 17.9. The molecule has 1 aromatic carbocycles. The minimum Gasteiger partial charge on any atom is -0.362 e. The molecule has 0 amide bonds. The maximum Gasteiger partial charge on any atom is 0.253 e. The van der Waals surface area contributed by atoms with Crippen molar-refractivity contribution in [3.63, 3.8) is 0 Å². The van der Waals surface area contributed by atoms with Gasteiger partial charge in [0.25, 0.3) is 5.56 Å². The van der Waals surface area contributed by atoms with Gasteiger partial charge in [0, 0.05) is 17.6 Å². The molecule has 0 aliphatic heterocycles. The Labute approximate surface area is 174 Å². The number of hydrogen-bond donors (Lipinski definition) is 3. The third-order valence-corrected chi connectivity index (χ3v) is 5.53. The Morgan fingerprint density at radius 3 is 2.61 bits per heavy atom. The van der Waals surface area contributed by atoms with Crippen LogP contribution in [0.4, 0.5) is 0 Å². The van der Waals surface area contributed by atoms with Crippen molar-refractivity contribution in [3.05, 3.63) is 45.7 Å². The zero-order valence-corrected chi connectivity index (χ0v) is 18.7. The molecule has 0 aliphatic carbocycles. The molecule has 0 saturated heterocycles. The molecule has 6 heteroatoms. The summed E-state index contributed by atoms with van der Waals surface area (Å²) in [6, 6.07) is 8.14. The van der Waals surface area contributed by atoms with Crippen LogP contribution < -0.4 is 15.8 Å². The van der Waals surface area contributed by atoms with E-state index in [0.29, 0.717) is 12.5 Å². The molecule has 28 heavy (non-hydrogen) atoms. The van der Waals surface area contributed by atoms with Crippen molar-refractivity contribution < 1.29 is 4.90 Å². The standard InChI is InChI=1S/C22H34N4OS/c1-6-25(7-2)10-11-26(22(28)23-14-16(3)4)15-19-13-18-9-8-17(5)12-20(18)24-21(19)27/h8-9,12-13,16H,6-7,10-11,14-15H2,1-5H3,(H,23,28)(H,24,27)/p+1. The van der Waals surface area contributed by atoms with Gasteiger partial charge in [-0.25, -0.2) is 0 Å². The number of aryl methyl sites for hydroxylation is 1. The zero-order chi connectivity index (χ0) is 20.7. The second-order valence-corrected chi connectivity index (χ2v) is 8.31. The summed E-state index contributed by atoms with van der Waals surface area (Å²) in [6.45, 7) is 16.1. The Morgan fingerprint density at radius 2 is 1.96 bits per heavy atom. The van der Waals surface area contributed by atoms with Crippen molar-refractivity contribution in [2.24, 2.45) is 5.92 Å². The maximum atomic E-state index is 12.7. The molecule has 1 aromatic heterocycles. The van der Waals surface area contributed by atoms with Crippen LogP contribution in [-0.4, -0.2) is 47.7 Å². The molecule has 2 aromatic rings. The average Bonchev–Trinajstić information content (AvgIpc) is 2.66. The van der Waals surface area contributed by atoms with Gasteiger partial charge in [0.1, 0.15) is 0 Å². The molecule has 3 N–H and O–H groups in total. The first-order chi connectivity index (χ1) is 13.3. The Kier molecular flexibility index (Phi) is 8.45. The lowest BCUT2D eigenvalue weighted by Gasteiger charge is -2.28. The SMILES string of the molecule is CC[NH+](CC)CCN(Cc1cc2ccc(C)cc2[nH]c1=O)C(=S)NCC(C)C. The fraction of sp³-hybridized carbons (Fsp3) is 0.545. The lowest BCUT2D eigenvalue weighted by atomic mass is 10.1. The van der Waals surface area contributed by atoms with Crippen LogP contribution in [0.2, 0.25) is 0 Å². The van der Waals surface area contributed by atoms with Crippen molar-refractivity contribution in [1.82, 2.24) is 15.2 Å². The van der Waals surface area contributed by atoms with Crippen LogP contribution >= 0.6 is 12.2 Å². The predicted molar refractivity (Wildman–Crippen MR) is 122 cm³/mol. The number of benzene rings is 1. The van der Waals surface area contributed by atoms with Gasteiger partial charge in [-0.2, -0.15) is 0 Å². The van der Waals surface area contributed by atoms with E-state index in [1.807, 2.05) is 19.1 Å². The normalized spacial score (nSPS) is 11.4. The van der Waals surface area contributed by atoms with Crippen molar-refractivity contribution in [2.75, 3.05) is 32.7 Å². The van der Waals surface area contributed by atoms with Crippen LogP contribution in [0.5, 0.6) is 0 Å². The molecular weight excluding hydrogens is 368 g/mol. The minimum absolute atomic E-state index is 0.0371. The van der Waals surface area contributed by atoms with Crippen LogP contribution in [-0.2, 0) is 6.54 Å². The Hall–Kier alpha value is -1.92. The molecule has 0 bridgehead atoms. The molecule has 0 atom stereocenters. The molecular formula is C22H35N4OS+. The number of aromatic amines is 1. The molecule has 0 unspecified atom stereocenters. The summed E-state index contributed by atoms with van der Waals surface area (Å²) in [5.41, 5.74) is 2.73. The summed E-state index contributed by atoms with van der Waals surface area (Å²) >= 11 is 5.67. The van der Waals surface area contributed by atoms with E-state index in [1.165, 1.54) is 4.90 Å². The Morgan fingerprint density at radius 1 is 1.25 bits per heavy atom.